The van der Waals surface area contributed by atoms with Crippen LogP contribution in [0.2, 0.25) is 0 Å². The van der Waals surface area contributed by atoms with Gasteiger partial charge < -0.3 is 5.73 Å². The van der Waals surface area contributed by atoms with Crippen LogP contribution in [-0.2, 0) is 12.5 Å². The van der Waals surface area contributed by atoms with Gasteiger partial charge in [0, 0.05) is 29.9 Å². The molecular formula is C16H21N5. The second-order valence-corrected chi connectivity index (χ2v) is 6.52. The molecule has 0 aromatic carbocycles. The minimum absolute atomic E-state index is 0.0616. The molecule has 3 heterocycles. The molecule has 0 aliphatic rings. The lowest BCUT2D eigenvalue weighted by Crippen LogP contribution is -2.14. The molecule has 0 amide bonds. The van der Waals surface area contributed by atoms with E-state index in [0.29, 0.717) is 5.82 Å². The minimum Gasteiger partial charge on any atom is -0.383 e. The van der Waals surface area contributed by atoms with E-state index in [2.05, 4.69) is 25.9 Å². The Bertz CT molecular complexity index is 817. The fraction of sp³-hybridized carbons (Fsp3) is 0.375. The number of hydrogen-bond donors (Lipinski definition) is 1. The van der Waals surface area contributed by atoms with Crippen molar-refractivity contribution in [1.29, 1.82) is 0 Å². The molecular weight excluding hydrogens is 262 g/mol. The van der Waals surface area contributed by atoms with Gasteiger partial charge in [0.25, 0.3) is 0 Å². The lowest BCUT2D eigenvalue weighted by Gasteiger charge is -2.16. The van der Waals surface area contributed by atoms with E-state index in [1.807, 2.05) is 47.4 Å². The summed E-state index contributed by atoms with van der Waals surface area (Å²) >= 11 is 0. The molecule has 0 unspecified atom stereocenters. The highest BCUT2D eigenvalue weighted by molar-refractivity contribution is 5.77. The Morgan fingerprint density at radius 3 is 2.52 bits per heavy atom. The summed E-state index contributed by atoms with van der Waals surface area (Å²) in [5.41, 5.74) is 11.1. The van der Waals surface area contributed by atoms with Crippen LogP contribution in [0.4, 0.5) is 5.82 Å². The van der Waals surface area contributed by atoms with Gasteiger partial charge in [0.15, 0.2) is 0 Å². The first-order valence-corrected chi connectivity index (χ1v) is 7.07. The van der Waals surface area contributed by atoms with Gasteiger partial charge in [-0.25, -0.2) is 4.98 Å². The summed E-state index contributed by atoms with van der Waals surface area (Å²) < 4.78 is 3.81. The van der Waals surface area contributed by atoms with Crippen molar-refractivity contribution in [3.8, 4) is 11.3 Å². The number of rotatable bonds is 1. The maximum Gasteiger partial charge on any atom is 0.139 e. The molecule has 3 rings (SSSR count). The number of anilines is 1. The van der Waals surface area contributed by atoms with E-state index in [9.17, 15) is 0 Å². The molecule has 3 aromatic rings. The standard InChI is InChI=1S/C16H21N5/c1-10-7-6-8-12-18-13(15(17)21(10)12)11-9-20(5)19-14(11)16(2,3)4/h6-9H,17H2,1-5H3. The number of fused-ring (bicyclic) bond motifs is 1. The highest BCUT2D eigenvalue weighted by atomic mass is 15.3. The van der Waals surface area contributed by atoms with Gasteiger partial charge in [-0.15, -0.1) is 0 Å². The van der Waals surface area contributed by atoms with Crippen LogP contribution < -0.4 is 5.73 Å². The van der Waals surface area contributed by atoms with Crippen molar-refractivity contribution in [2.75, 3.05) is 5.73 Å². The quantitative estimate of drug-likeness (QED) is 0.747. The molecule has 2 N–H and O–H groups in total. The fourth-order valence-electron chi connectivity index (χ4n) is 2.70. The molecule has 0 saturated heterocycles. The van der Waals surface area contributed by atoms with Crippen LogP contribution in [0.15, 0.2) is 24.4 Å². The minimum atomic E-state index is -0.0616. The molecule has 3 aromatic heterocycles. The first-order valence-electron chi connectivity index (χ1n) is 7.07. The highest BCUT2D eigenvalue weighted by Gasteiger charge is 2.26. The molecule has 0 fully saturated rings. The number of nitrogens with two attached hydrogens (primary N) is 1. The molecule has 0 spiro atoms. The topological polar surface area (TPSA) is 61.1 Å². The number of pyridine rings is 1. The Balaban J connectivity index is 2.32. The van der Waals surface area contributed by atoms with E-state index in [1.54, 1.807) is 0 Å². The van der Waals surface area contributed by atoms with Gasteiger partial charge in [-0.05, 0) is 19.1 Å². The second kappa shape index (κ2) is 4.35. The normalized spacial score (nSPS) is 12.2. The first-order chi connectivity index (χ1) is 9.79. The van der Waals surface area contributed by atoms with Crippen LogP contribution in [0.1, 0.15) is 32.2 Å². The highest BCUT2D eigenvalue weighted by Crippen LogP contribution is 2.34. The van der Waals surface area contributed by atoms with Crippen molar-refractivity contribution < 1.29 is 0 Å². The largest absolute Gasteiger partial charge is 0.383 e. The Morgan fingerprint density at radius 2 is 1.90 bits per heavy atom. The van der Waals surface area contributed by atoms with Crippen LogP contribution in [0.25, 0.3) is 16.9 Å². The van der Waals surface area contributed by atoms with Crippen LogP contribution in [0.3, 0.4) is 0 Å². The molecule has 110 valence electrons. The second-order valence-electron chi connectivity index (χ2n) is 6.52. The smallest absolute Gasteiger partial charge is 0.139 e. The molecule has 0 aliphatic heterocycles. The van der Waals surface area contributed by atoms with Crippen molar-refractivity contribution in [3.63, 3.8) is 0 Å². The predicted octanol–water partition coefficient (Wildman–Crippen LogP) is 2.92. The molecule has 5 heteroatoms. The molecule has 0 atom stereocenters. The molecule has 21 heavy (non-hydrogen) atoms. The average molecular weight is 283 g/mol. The first kappa shape index (κ1) is 13.7. The molecule has 0 aliphatic carbocycles. The third-order valence-electron chi connectivity index (χ3n) is 3.67. The van der Waals surface area contributed by atoms with Gasteiger partial charge in [0.1, 0.15) is 17.2 Å². The SMILES string of the molecule is Cc1cccc2nc(-c3cn(C)nc3C(C)(C)C)c(N)n12. The summed E-state index contributed by atoms with van der Waals surface area (Å²) in [6, 6.07) is 6.00. The van der Waals surface area contributed by atoms with Crippen molar-refractivity contribution >= 4 is 11.5 Å². The summed E-state index contributed by atoms with van der Waals surface area (Å²) in [4.78, 5) is 4.72. The summed E-state index contributed by atoms with van der Waals surface area (Å²) in [5.74, 6) is 0.668. The number of nitrogens with zero attached hydrogens (tertiary/aromatic N) is 4. The van der Waals surface area contributed by atoms with E-state index in [0.717, 1.165) is 28.3 Å². The van der Waals surface area contributed by atoms with E-state index in [4.69, 9.17) is 10.7 Å². The zero-order chi connectivity index (χ0) is 15.4. The number of imidazole rings is 1. The van der Waals surface area contributed by atoms with E-state index < -0.39 is 0 Å². The number of aryl methyl sites for hydroxylation is 2. The van der Waals surface area contributed by atoms with E-state index in [1.165, 1.54) is 0 Å². The van der Waals surface area contributed by atoms with Gasteiger partial charge >= 0.3 is 0 Å². The monoisotopic (exact) mass is 283 g/mol. The van der Waals surface area contributed by atoms with E-state index in [-0.39, 0.29) is 5.41 Å². The van der Waals surface area contributed by atoms with Crippen LogP contribution in [0.5, 0.6) is 0 Å². The maximum absolute atomic E-state index is 6.36. The van der Waals surface area contributed by atoms with Gasteiger partial charge in [0.05, 0.1) is 5.69 Å². The van der Waals surface area contributed by atoms with Crippen LogP contribution in [-0.4, -0.2) is 19.2 Å². The zero-order valence-corrected chi connectivity index (χ0v) is 13.2. The zero-order valence-electron chi connectivity index (χ0n) is 13.2. The Morgan fingerprint density at radius 1 is 1.19 bits per heavy atom. The Hall–Kier alpha value is -2.30. The molecule has 0 saturated carbocycles. The molecule has 5 nitrogen and oxygen atoms in total. The number of aromatic nitrogens is 4. The molecule has 0 bridgehead atoms. The van der Waals surface area contributed by atoms with Crippen molar-refractivity contribution in [2.24, 2.45) is 7.05 Å². The lowest BCUT2D eigenvalue weighted by molar-refractivity contribution is 0.554. The van der Waals surface area contributed by atoms with Crippen LogP contribution >= 0.6 is 0 Å². The maximum atomic E-state index is 6.36. The predicted molar refractivity (Wildman–Crippen MR) is 85.2 cm³/mol. The summed E-state index contributed by atoms with van der Waals surface area (Å²) in [5, 5.41) is 4.60. The third kappa shape index (κ3) is 2.09. The fourth-order valence-corrected chi connectivity index (χ4v) is 2.70. The lowest BCUT2D eigenvalue weighted by atomic mass is 9.89. The van der Waals surface area contributed by atoms with Gasteiger partial charge in [-0.2, -0.15) is 5.10 Å². The van der Waals surface area contributed by atoms with Crippen molar-refractivity contribution in [1.82, 2.24) is 19.2 Å². The van der Waals surface area contributed by atoms with Gasteiger partial charge in [-0.1, -0.05) is 26.8 Å². The van der Waals surface area contributed by atoms with Crippen LogP contribution in [0, 0.1) is 6.92 Å². The summed E-state index contributed by atoms with van der Waals surface area (Å²) in [6.07, 6.45) is 1.99. The van der Waals surface area contributed by atoms with E-state index >= 15 is 0 Å². The number of hydrogen-bond acceptors (Lipinski definition) is 3. The molecule has 0 radical (unpaired) electrons. The summed E-state index contributed by atoms with van der Waals surface area (Å²) in [7, 11) is 1.93. The third-order valence-corrected chi connectivity index (χ3v) is 3.67. The average Bonchev–Trinajstić information content (AvgIpc) is 2.91. The Kier molecular flexibility index (Phi) is 2.83. The van der Waals surface area contributed by atoms with Crippen molar-refractivity contribution in [3.05, 3.63) is 35.8 Å². The number of nitrogen functional groups attached to an aromatic ring is 1. The van der Waals surface area contributed by atoms with Crippen molar-refractivity contribution in [2.45, 2.75) is 33.1 Å². The Labute approximate surface area is 124 Å². The van der Waals surface area contributed by atoms with Gasteiger partial charge in [-0.3, -0.25) is 9.08 Å². The van der Waals surface area contributed by atoms with Gasteiger partial charge in [0.2, 0.25) is 0 Å². The summed E-state index contributed by atoms with van der Waals surface area (Å²) in [6.45, 7) is 8.48.